The molecule has 23 heavy (non-hydrogen) atoms. The third kappa shape index (κ3) is 2.50. The van der Waals surface area contributed by atoms with E-state index in [1.165, 1.54) is 0 Å². The zero-order chi connectivity index (χ0) is 15.8. The first-order valence-corrected chi connectivity index (χ1v) is 7.78. The molecule has 0 saturated carbocycles. The van der Waals surface area contributed by atoms with Gasteiger partial charge in [-0.05, 0) is 31.9 Å². The summed E-state index contributed by atoms with van der Waals surface area (Å²) in [7, 11) is 0. The van der Waals surface area contributed by atoms with Gasteiger partial charge in [0.2, 0.25) is 5.91 Å². The Labute approximate surface area is 133 Å². The van der Waals surface area contributed by atoms with Gasteiger partial charge in [-0.15, -0.1) is 0 Å². The first-order chi connectivity index (χ1) is 11.2. The molecule has 6 heteroatoms. The van der Waals surface area contributed by atoms with Crippen molar-refractivity contribution in [1.29, 1.82) is 0 Å². The minimum Gasteiger partial charge on any atom is -0.361 e. The fourth-order valence-electron chi connectivity index (χ4n) is 3.23. The molecule has 0 unspecified atom stereocenters. The summed E-state index contributed by atoms with van der Waals surface area (Å²) in [5.41, 5.74) is 2.23. The van der Waals surface area contributed by atoms with Crippen LogP contribution in [0.2, 0.25) is 0 Å². The summed E-state index contributed by atoms with van der Waals surface area (Å²) in [6.07, 6.45) is 2.13. The first-order valence-electron chi connectivity index (χ1n) is 7.78. The molecule has 6 nitrogen and oxygen atoms in total. The lowest BCUT2D eigenvalue weighted by Crippen LogP contribution is -2.32. The quantitative estimate of drug-likeness (QED) is 0.743. The number of para-hydroxylation sites is 1. The molecule has 2 aromatic heterocycles. The number of carbonyl (C=O) groups is 1. The summed E-state index contributed by atoms with van der Waals surface area (Å²) in [5.74, 6) is 0.814. The summed E-state index contributed by atoms with van der Waals surface area (Å²) in [6, 6.07) is 9.50. The second-order valence-electron chi connectivity index (χ2n) is 5.91. The van der Waals surface area contributed by atoms with Crippen LogP contribution in [0.15, 0.2) is 39.4 Å². The van der Waals surface area contributed by atoms with Gasteiger partial charge in [-0.3, -0.25) is 4.79 Å². The summed E-state index contributed by atoms with van der Waals surface area (Å²) in [5, 5.41) is 9.02. The van der Waals surface area contributed by atoms with Crippen molar-refractivity contribution in [2.75, 3.05) is 6.54 Å². The highest BCUT2D eigenvalue weighted by Crippen LogP contribution is 2.32. The van der Waals surface area contributed by atoms with E-state index in [9.17, 15) is 4.79 Å². The van der Waals surface area contributed by atoms with E-state index in [1.54, 1.807) is 0 Å². The molecule has 1 saturated heterocycles. The normalized spacial score (nSPS) is 18.0. The molecule has 1 amide bonds. The van der Waals surface area contributed by atoms with Gasteiger partial charge in [-0.1, -0.05) is 22.4 Å². The molecule has 4 rings (SSSR count). The number of hydrogen-bond acceptors (Lipinski definition) is 5. The number of likely N-dealkylation sites (tertiary alicyclic amines) is 1. The van der Waals surface area contributed by atoms with Crippen LogP contribution in [0.3, 0.4) is 0 Å². The molecule has 0 spiro atoms. The predicted molar refractivity (Wildman–Crippen MR) is 82.6 cm³/mol. The van der Waals surface area contributed by atoms with Gasteiger partial charge in [0.1, 0.15) is 17.1 Å². The Kier molecular flexibility index (Phi) is 3.37. The van der Waals surface area contributed by atoms with Crippen LogP contribution in [0.25, 0.3) is 11.0 Å². The van der Waals surface area contributed by atoms with E-state index in [4.69, 9.17) is 9.05 Å². The Balaban J connectivity index is 1.56. The summed E-state index contributed by atoms with van der Waals surface area (Å²) in [4.78, 5) is 14.6. The van der Waals surface area contributed by atoms with Crippen LogP contribution in [0.4, 0.5) is 0 Å². The number of aromatic nitrogens is 2. The van der Waals surface area contributed by atoms with Gasteiger partial charge in [-0.2, -0.15) is 0 Å². The van der Waals surface area contributed by atoms with Gasteiger partial charge in [0.05, 0.1) is 12.5 Å². The van der Waals surface area contributed by atoms with Crippen molar-refractivity contribution in [2.45, 2.75) is 32.2 Å². The van der Waals surface area contributed by atoms with Crippen LogP contribution in [0.1, 0.15) is 36.0 Å². The van der Waals surface area contributed by atoms with Crippen molar-refractivity contribution in [2.24, 2.45) is 0 Å². The molecule has 1 fully saturated rings. The molecule has 0 N–H and O–H groups in total. The van der Waals surface area contributed by atoms with E-state index in [2.05, 4.69) is 10.3 Å². The number of carbonyl (C=O) groups excluding carboxylic acids is 1. The van der Waals surface area contributed by atoms with Crippen molar-refractivity contribution in [3.05, 3.63) is 47.5 Å². The minimum absolute atomic E-state index is 0.00175. The largest absolute Gasteiger partial charge is 0.361 e. The summed E-state index contributed by atoms with van der Waals surface area (Å²) < 4.78 is 10.4. The van der Waals surface area contributed by atoms with E-state index in [-0.39, 0.29) is 18.4 Å². The highest BCUT2D eigenvalue weighted by atomic mass is 16.5. The maximum Gasteiger partial charge on any atom is 0.229 e. The maximum absolute atomic E-state index is 12.7. The van der Waals surface area contributed by atoms with E-state index in [1.807, 2.05) is 42.2 Å². The number of amides is 1. The minimum atomic E-state index is -0.00175. The lowest BCUT2D eigenvalue weighted by Gasteiger charge is -2.22. The van der Waals surface area contributed by atoms with Gasteiger partial charge in [0, 0.05) is 18.0 Å². The molecule has 1 aromatic carbocycles. The van der Waals surface area contributed by atoms with Gasteiger partial charge >= 0.3 is 0 Å². The summed E-state index contributed by atoms with van der Waals surface area (Å²) >= 11 is 0. The molecule has 0 aliphatic carbocycles. The number of nitrogens with zero attached hydrogens (tertiary/aromatic N) is 3. The predicted octanol–water partition coefficient (Wildman–Crippen LogP) is 3.03. The van der Waals surface area contributed by atoms with E-state index in [0.717, 1.165) is 36.2 Å². The van der Waals surface area contributed by atoms with E-state index in [0.29, 0.717) is 11.3 Å². The van der Waals surface area contributed by atoms with Crippen LogP contribution >= 0.6 is 0 Å². The van der Waals surface area contributed by atoms with Crippen LogP contribution in [0, 0.1) is 6.92 Å². The number of fused-ring (bicyclic) bond motifs is 1. The first kappa shape index (κ1) is 14.0. The topological polar surface area (TPSA) is 72.4 Å². The number of hydrogen-bond donors (Lipinski definition) is 0. The molecule has 3 aromatic rings. The van der Waals surface area contributed by atoms with E-state index >= 15 is 0 Å². The third-order valence-corrected chi connectivity index (χ3v) is 4.33. The Morgan fingerprint density at radius 2 is 2.17 bits per heavy atom. The average molecular weight is 311 g/mol. The Hall–Kier alpha value is -2.63. The van der Waals surface area contributed by atoms with Crippen molar-refractivity contribution in [3.63, 3.8) is 0 Å². The number of benzene rings is 1. The Morgan fingerprint density at radius 1 is 1.30 bits per heavy atom. The Bertz CT molecular complexity index is 852. The molecular weight excluding hydrogens is 294 g/mol. The highest BCUT2D eigenvalue weighted by molar-refractivity contribution is 5.86. The van der Waals surface area contributed by atoms with Gasteiger partial charge in [-0.25, -0.2) is 0 Å². The second-order valence-corrected chi connectivity index (χ2v) is 5.91. The molecular formula is C17H17N3O3. The van der Waals surface area contributed by atoms with Crippen molar-refractivity contribution in [3.8, 4) is 0 Å². The number of aryl methyl sites for hydroxylation is 1. The van der Waals surface area contributed by atoms with Crippen molar-refractivity contribution >= 4 is 16.9 Å². The maximum atomic E-state index is 12.7. The molecule has 0 bridgehead atoms. The fraction of sp³-hybridized carbons (Fsp3) is 0.353. The SMILES string of the molecule is Cc1cc([C@@H]2CCCN2C(=O)Cc2noc3ccccc23)no1. The van der Waals surface area contributed by atoms with Crippen LogP contribution in [-0.4, -0.2) is 27.7 Å². The monoisotopic (exact) mass is 311 g/mol. The fourth-order valence-corrected chi connectivity index (χ4v) is 3.23. The standard InChI is InChI=1S/C17H17N3O3/c1-11-9-14(19-22-11)15-6-4-8-20(15)17(21)10-13-12-5-2-3-7-16(12)23-18-13/h2-3,5,7,9,15H,4,6,8,10H2,1H3/t15-/m0/s1. The molecule has 1 aliphatic heterocycles. The lowest BCUT2D eigenvalue weighted by atomic mass is 10.1. The van der Waals surface area contributed by atoms with Gasteiger partial charge in [0.15, 0.2) is 5.58 Å². The molecule has 0 radical (unpaired) electrons. The molecule has 118 valence electrons. The Morgan fingerprint density at radius 3 is 3.00 bits per heavy atom. The van der Waals surface area contributed by atoms with Crippen molar-refractivity contribution in [1.82, 2.24) is 15.2 Å². The van der Waals surface area contributed by atoms with Crippen LogP contribution < -0.4 is 0 Å². The molecule has 1 aliphatic rings. The highest BCUT2D eigenvalue weighted by Gasteiger charge is 2.32. The average Bonchev–Trinajstić information content (AvgIpc) is 3.26. The van der Waals surface area contributed by atoms with Gasteiger partial charge < -0.3 is 13.9 Å². The summed E-state index contributed by atoms with van der Waals surface area (Å²) in [6.45, 7) is 2.60. The molecule has 1 atom stereocenters. The zero-order valence-corrected chi connectivity index (χ0v) is 12.9. The zero-order valence-electron chi connectivity index (χ0n) is 12.9. The second kappa shape index (κ2) is 5.53. The number of rotatable bonds is 3. The van der Waals surface area contributed by atoms with Crippen LogP contribution in [0.5, 0.6) is 0 Å². The van der Waals surface area contributed by atoms with Crippen molar-refractivity contribution < 1.29 is 13.8 Å². The smallest absolute Gasteiger partial charge is 0.229 e. The van der Waals surface area contributed by atoms with Gasteiger partial charge in [0.25, 0.3) is 0 Å². The molecule has 3 heterocycles. The van der Waals surface area contributed by atoms with E-state index < -0.39 is 0 Å². The lowest BCUT2D eigenvalue weighted by molar-refractivity contribution is -0.131. The van der Waals surface area contributed by atoms with Crippen LogP contribution in [-0.2, 0) is 11.2 Å². The third-order valence-electron chi connectivity index (χ3n) is 4.33.